The van der Waals surface area contributed by atoms with Gasteiger partial charge in [-0.15, -0.1) is 0 Å². The van der Waals surface area contributed by atoms with E-state index in [0.717, 1.165) is 10.0 Å². The number of amides is 1. The average Bonchev–Trinajstić information content (AvgIpc) is 3.08. The van der Waals surface area contributed by atoms with Gasteiger partial charge in [-0.2, -0.15) is 4.98 Å². The molecule has 0 saturated heterocycles. The van der Waals surface area contributed by atoms with E-state index in [0.29, 0.717) is 22.5 Å². The van der Waals surface area contributed by atoms with Crippen molar-refractivity contribution in [1.82, 2.24) is 15.5 Å². The van der Waals surface area contributed by atoms with Crippen LogP contribution in [0.1, 0.15) is 12.8 Å². The zero-order valence-electron chi connectivity index (χ0n) is 13.8. The first-order valence-electron chi connectivity index (χ1n) is 7.80. The minimum atomic E-state index is -0.694. The maximum absolute atomic E-state index is 12.2. The van der Waals surface area contributed by atoms with Gasteiger partial charge < -0.3 is 14.6 Å². The summed E-state index contributed by atoms with van der Waals surface area (Å²) in [6, 6.07) is 14.4. The highest BCUT2D eigenvalue weighted by atomic mass is 79.9. The molecule has 3 rings (SSSR count). The minimum Gasteiger partial charge on any atom is -0.481 e. The molecule has 2 aromatic carbocycles. The lowest BCUT2D eigenvalue weighted by atomic mass is 10.2. The van der Waals surface area contributed by atoms with Crippen molar-refractivity contribution >= 4 is 33.4 Å². The Kier molecular flexibility index (Phi) is 5.90. The normalized spacial score (nSPS) is 11.8. The van der Waals surface area contributed by atoms with Crippen molar-refractivity contribution in [3.8, 4) is 17.1 Å². The van der Waals surface area contributed by atoms with Crippen LogP contribution in [0.2, 0.25) is 5.02 Å². The molecule has 0 aliphatic heterocycles. The predicted octanol–water partition coefficient (Wildman–Crippen LogP) is 4.24. The highest BCUT2D eigenvalue weighted by molar-refractivity contribution is 9.10. The molecular weight excluding hydrogens is 422 g/mol. The van der Waals surface area contributed by atoms with Crippen LogP contribution in [0.3, 0.4) is 0 Å². The molecule has 1 heterocycles. The van der Waals surface area contributed by atoms with Crippen molar-refractivity contribution < 1.29 is 14.1 Å². The van der Waals surface area contributed by atoms with Gasteiger partial charge in [0.15, 0.2) is 6.10 Å². The van der Waals surface area contributed by atoms with Crippen molar-refractivity contribution in [1.29, 1.82) is 0 Å². The lowest BCUT2D eigenvalue weighted by molar-refractivity contribution is -0.127. The number of aromatic nitrogens is 2. The second kappa shape index (κ2) is 8.33. The van der Waals surface area contributed by atoms with Gasteiger partial charge in [-0.1, -0.05) is 50.9 Å². The van der Waals surface area contributed by atoms with Crippen LogP contribution in [0.4, 0.5) is 0 Å². The number of rotatable bonds is 6. The standard InChI is InChI=1S/C18H15BrClN3O3/c1-11(25-15-7-3-6-14(20)9-15)18(24)21-10-16-22-17(23-26-16)12-4-2-5-13(19)8-12/h2-9,11H,10H2,1H3,(H,21,24). The molecular formula is C18H15BrClN3O3. The Labute approximate surface area is 163 Å². The molecule has 3 aromatic rings. The Morgan fingerprint density at radius 3 is 2.88 bits per heavy atom. The summed E-state index contributed by atoms with van der Waals surface area (Å²) in [7, 11) is 0. The monoisotopic (exact) mass is 435 g/mol. The van der Waals surface area contributed by atoms with Crippen molar-refractivity contribution in [2.45, 2.75) is 19.6 Å². The number of hydrogen-bond donors (Lipinski definition) is 1. The molecule has 26 heavy (non-hydrogen) atoms. The first kappa shape index (κ1) is 18.4. The molecule has 0 spiro atoms. The van der Waals surface area contributed by atoms with E-state index < -0.39 is 6.10 Å². The summed E-state index contributed by atoms with van der Waals surface area (Å²) >= 11 is 9.30. The van der Waals surface area contributed by atoms with Crippen LogP contribution in [0.25, 0.3) is 11.4 Å². The first-order valence-corrected chi connectivity index (χ1v) is 8.97. The number of benzene rings is 2. The fraction of sp³-hybridized carbons (Fsp3) is 0.167. The van der Waals surface area contributed by atoms with E-state index in [4.69, 9.17) is 20.9 Å². The van der Waals surface area contributed by atoms with Crippen LogP contribution in [0, 0.1) is 0 Å². The average molecular weight is 437 g/mol. The van der Waals surface area contributed by atoms with E-state index in [1.54, 1.807) is 31.2 Å². The van der Waals surface area contributed by atoms with E-state index in [-0.39, 0.29) is 12.5 Å². The summed E-state index contributed by atoms with van der Waals surface area (Å²) in [4.78, 5) is 16.4. The molecule has 0 saturated carbocycles. The summed E-state index contributed by atoms with van der Waals surface area (Å²) < 4.78 is 11.7. The van der Waals surface area contributed by atoms with Gasteiger partial charge in [0.1, 0.15) is 5.75 Å². The molecule has 134 valence electrons. The number of carbonyl (C=O) groups is 1. The minimum absolute atomic E-state index is 0.114. The lowest BCUT2D eigenvalue weighted by Crippen LogP contribution is -2.35. The summed E-state index contributed by atoms with van der Waals surface area (Å²) in [5, 5.41) is 7.17. The highest BCUT2D eigenvalue weighted by Crippen LogP contribution is 2.20. The van der Waals surface area contributed by atoms with Crippen molar-refractivity contribution in [2.75, 3.05) is 0 Å². The van der Waals surface area contributed by atoms with Crippen LogP contribution in [-0.2, 0) is 11.3 Å². The molecule has 1 N–H and O–H groups in total. The summed E-state index contributed by atoms with van der Waals surface area (Å²) in [5.74, 6) is 0.990. The molecule has 0 aliphatic rings. The van der Waals surface area contributed by atoms with Crippen LogP contribution in [-0.4, -0.2) is 22.2 Å². The Hall–Kier alpha value is -2.38. The van der Waals surface area contributed by atoms with Crippen LogP contribution < -0.4 is 10.1 Å². The van der Waals surface area contributed by atoms with Crippen LogP contribution in [0.15, 0.2) is 57.5 Å². The van der Waals surface area contributed by atoms with E-state index in [1.165, 1.54) is 0 Å². The van der Waals surface area contributed by atoms with Gasteiger partial charge in [0.05, 0.1) is 6.54 Å². The first-order chi connectivity index (χ1) is 12.5. The maximum atomic E-state index is 12.2. The molecule has 6 nitrogen and oxygen atoms in total. The third-order valence-corrected chi connectivity index (χ3v) is 4.17. The topological polar surface area (TPSA) is 77.2 Å². The molecule has 0 fully saturated rings. The second-order valence-electron chi connectivity index (χ2n) is 5.46. The number of hydrogen-bond acceptors (Lipinski definition) is 5. The molecule has 8 heteroatoms. The van der Waals surface area contributed by atoms with Gasteiger partial charge in [0, 0.05) is 15.1 Å². The quantitative estimate of drug-likeness (QED) is 0.625. The Bertz CT molecular complexity index is 916. The summed E-state index contributed by atoms with van der Waals surface area (Å²) in [6.45, 7) is 1.76. The zero-order chi connectivity index (χ0) is 18.5. The number of halogens is 2. The largest absolute Gasteiger partial charge is 0.481 e. The van der Waals surface area contributed by atoms with Crippen molar-refractivity contribution in [2.24, 2.45) is 0 Å². The van der Waals surface area contributed by atoms with Gasteiger partial charge in [0.2, 0.25) is 11.7 Å². The Morgan fingerprint density at radius 1 is 1.31 bits per heavy atom. The molecule has 1 unspecified atom stereocenters. The summed E-state index contributed by atoms with van der Waals surface area (Å²) in [6.07, 6.45) is -0.694. The maximum Gasteiger partial charge on any atom is 0.261 e. The number of carbonyl (C=O) groups excluding carboxylic acids is 1. The fourth-order valence-electron chi connectivity index (χ4n) is 2.18. The molecule has 0 aliphatic carbocycles. The van der Waals surface area contributed by atoms with Crippen LogP contribution in [0.5, 0.6) is 5.75 Å². The molecule has 0 bridgehead atoms. The highest BCUT2D eigenvalue weighted by Gasteiger charge is 2.16. The predicted molar refractivity (Wildman–Crippen MR) is 101 cm³/mol. The van der Waals surface area contributed by atoms with Gasteiger partial charge >= 0.3 is 0 Å². The van der Waals surface area contributed by atoms with Gasteiger partial charge in [-0.3, -0.25) is 4.79 Å². The second-order valence-corrected chi connectivity index (χ2v) is 6.81. The van der Waals surface area contributed by atoms with E-state index >= 15 is 0 Å². The zero-order valence-corrected chi connectivity index (χ0v) is 16.1. The van der Waals surface area contributed by atoms with E-state index in [1.807, 2.05) is 24.3 Å². The van der Waals surface area contributed by atoms with Gasteiger partial charge in [-0.25, -0.2) is 0 Å². The van der Waals surface area contributed by atoms with Crippen molar-refractivity contribution in [3.05, 3.63) is 63.9 Å². The molecule has 1 aromatic heterocycles. The molecule has 1 atom stereocenters. The van der Waals surface area contributed by atoms with Crippen LogP contribution >= 0.6 is 27.5 Å². The van der Waals surface area contributed by atoms with E-state index in [9.17, 15) is 4.79 Å². The molecule has 1 amide bonds. The molecule has 0 radical (unpaired) electrons. The van der Waals surface area contributed by atoms with Gasteiger partial charge in [-0.05, 0) is 37.3 Å². The SMILES string of the molecule is CC(Oc1cccc(Cl)c1)C(=O)NCc1nc(-c2cccc(Br)c2)no1. The van der Waals surface area contributed by atoms with Crippen molar-refractivity contribution in [3.63, 3.8) is 0 Å². The summed E-state index contributed by atoms with van der Waals surface area (Å²) in [5.41, 5.74) is 0.818. The smallest absolute Gasteiger partial charge is 0.261 e. The Morgan fingerprint density at radius 2 is 2.12 bits per heavy atom. The van der Waals surface area contributed by atoms with Gasteiger partial charge in [0.25, 0.3) is 5.91 Å². The fourth-order valence-corrected chi connectivity index (χ4v) is 2.76. The number of ether oxygens (including phenoxy) is 1. The number of nitrogens with one attached hydrogen (secondary N) is 1. The third kappa shape index (κ3) is 4.83. The third-order valence-electron chi connectivity index (χ3n) is 3.44. The Balaban J connectivity index is 1.56. The lowest BCUT2D eigenvalue weighted by Gasteiger charge is -2.14. The number of nitrogens with zero attached hydrogens (tertiary/aromatic N) is 2. The van der Waals surface area contributed by atoms with E-state index in [2.05, 4.69) is 31.4 Å².